The van der Waals surface area contributed by atoms with E-state index >= 15 is 0 Å². The van der Waals surface area contributed by atoms with Crippen molar-refractivity contribution in [3.05, 3.63) is 53.1 Å². The van der Waals surface area contributed by atoms with Crippen molar-refractivity contribution in [3.63, 3.8) is 0 Å². The second-order valence-corrected chi connectivity index (χ2v) is 8.23. The molecular weight excluding hydrogens is 330 g/mol. The second kappa shape index (κ2) is 6.19. The molecule has 2 aliphatic rings. The first-order valence-corrected chi connectivity index (χ1v) is 9.56. The molecule has 1 saturated heterocycles. The van der Waals surface area contributed by atoms with E-state index in [2.05, 4.69) is 43.1 Å². The molecule has 0 N–H and O–H groups in total. The number of ether oxygens (including phenoxy) is 1. The number of piperidine rings is 1. The molecule has 4 heteroatoms. The quantitative estimate of drug-likeness (QED) is 0.764. The molecule has 0 amide bonds. The van der Waals surface area contributed by atoms with Gasteiger partial charge in [0.2, 0.25) is 0 Å². The number of likely N-dealkylation sites (tertiary alicyclic amines) is 1. The van der Waals surface area contributed by atoms with Crippen LogP contribution in [0.2, 0.25) is 0 Å². The highest BCUT2D eigenvalue weighted by Gasteiger charge is 2.47. The molecule has 0 aliphatic carbocycles. The van der Waals surface area contributed by atoms with Crippen molar-refractivity contribution in [1.82, 2.24) is 4.90 Å². The number of rotatable bonds is 1. The lowest BCUT2D eigenvalue weighted by molar-refractivity contribution is 0.0783. The first kappa shape index (κ1) is 16.7. The van der Waals surface area contributed by atoms with Crippen LogP contribution in [-0.4, -0.2) is 37.9 Å². The number of aryl methyl sites for hydroxylation is 1. The van der Waals surface area contributed by atoms with Crippen molar-refractivity contribution < 1.29 is 9.53 Å². The summed E-state index contributed by atoms with van der Waals surface area (Å²) in [6.07, 6.45) is 1.67. The maximum atomic E-state index is 13.8. The molecule has 0 radical (unpaired) electrons. The van der Waals surface area contributed by atoms with Gasteiger partial charge in [0.05, 0.1) is 12.5 Å². The Kier molecular flexibility index (Phi) is 4.13. The summed E-state index contributed by atoms with van der Waals surface area (Å²) in [4.78, 5) is 18.3. The molecule has 0 saturated carbocycles. The molecule has 0 atom stereocenters. The number of fused-ring (bicyclic) bond motifs is 3. The molecule has 2 heterocycles. The number of nitrogens with zero attached hydrogens (tertiary/aromatic N) is 1. The summed E-state index contributed by atoms with van der Waals surface area (Å²) in [6, 6.07) is 12.4. The van der Waals surface area contributed by atoms with Gasteiger partial charge in [-0.1, -0.05) is 29.5 Å². The van der Waals surface area contributed by atoms with Gasteiger partial charge in [0.25, 0.3) is 0 Å². The van der Waals surface area contributed by atoms with Crippen LogP contribution < -0.4 is 4.74 Å². The van der Waals surface area contributed by atoms with E-state index in [-0.39, 0.29) is 5.78 Å². The van der Waals surface area contributed by atoms with E-state index in [0.717, 1.165) is 58.2 Å². The van der Waals surface area contributed by atoms with Gasteiger partial charge in [0.15, 0.2) is 5.78 Å². The van der Waals surface area contributed by atoms with Crippen LogP contribution in [0.1, 0.15) is 34.3 Å². The van der Waals surface area contributed by atoms with E-state index in [0.29, 0.717) is 0 Å². The molecule has 2 aliphatic heterocycles. The van der Waals surface area contributed by atoms with Crippen molar-refractivity contribution in [2.24, 2.45) is 0 Å². The lowest BCUT2D eigenvalue weighted by atomic mass is 9.67. The molecule has 2 aromatic rings. The monoisotopic (exact) mass is 353 g/mol. The number of carbonyl (C=O) groups excluding carboxylic acids is 1. The van der Waals surface area contributed by atoms with Gasteiger partial charge in [-0.3, -0.25) is 4.79 Å². The average Bonchev–Trinajstić information content (AvgIpc) is 2.72. The highest BCUT2D eigenvalue weighted by atomic mass is 32.2. The fourth-order valence-electron chi connectivity index (χ4n) is 4.12. The third kappa shape index (κ3) is 2.59. The van der Waals surface area contributed by atoms with Crippen molar-refractivity contribution in [1.29, 1.82) is 0 Å². The van der Waals surface area contributed by atoms with Gasteiger partial charge in [-0.25, -0.2) is 0 Å². The normalized spacial score (nSPS) is 19.2. The molecule has 0 unspecified atom stereocenters. The van der Waals surface area contributed by atoms with E-state index in [1.54, 1.807) is 18.9 Å². The third-order valence-electron chi connectivity index (χ3n) is 5.56. The summed E-state index contributed by atoms with van der Waals surface area (Å²) in [5.74, 6) is 1.10. The van der Waals surface area contributed by atoms with Crippen molar-refractivity contribution in [2.45, 2.75) is 35.0 Å². The molecule has 0 bridgehead atoms. The van der Waals surface area contributed by atoms with Crippen LogP contribution in [0.4, 0.5) is 0 Å². The Hall–Kier alpha value is -1.78. The Morgan fingerprint density at radius 3 is 2.60 bits per heavy atom. The van der Waals surface area contributed by atoms with Gasteiger partial charge >= 0.3 is 0 Å². The van der Waals surface area contributed by atoms with Crippen molar-refractivity contribution >= 4 is 17.5 Å². The van der Waals surface area contributed by atoms with Gasteiger partial charge in [-0.15, -0.1) is 0 Å². The maximum absolute atomic E-state index is 13.8. The second-order valence-electron chi connectivity index (χ2n) is 7.15. The third-order valence-corrected chi connectivity index (χ3v) is 6.70. The van der Waals surface area contributed by atoms with Crippen LogP contribution in [0.5, 0.6) is 5.75 Å². The Balaban J connectivity index is 1.99. The minimum absolute atomic E-state index is 0.259. The molecule has 130 valence electrons. The Morgan fingerprint density at radius 1 is 1.12 bits per heavy atom. The molecule has 0 aromatic heterocycles. The van der Waals surface area contributed by atoms with Gasteiger partial charge < -0.3 is 9.64 Å². The molecule has 1 spiro atoms. The first-order chi connectivity index (χ1) is 12.0. The minimum atomic E-state index is -0.486. The van der Waals surface area contributed by atoms with Gasteiger partial charge in [0, 0.05) is 20.9 Å². The number of carbonyl (C=O) groups is 1. The van der Waals surface area contributed by atoms with Gasteiger partial charge in [-0.05, 0) is 64.2 Å². The smallest absolute Gasteiger partial charge is 0.174 e. The average molecular weight is 353 g/mol. The summed E-state index contributed by atoms with van der Waals surface area (Å²) in [5, 5.41) is 0. The topological polar surface area (TPSA) is 29.5 Å². The first-order valence-electron chi connectivity index (χ1n) is 8.74. The zero-order valence-electron chi connectivity index (χ0n) is 15.0. The fourth-order valence-corrected chi connectivity index (χ4v) is 5.29. The molecule has 4 rings (SSSR count). The summed E-state index contributed by atoms with van der Waals surface area (Å²) in [7, 11) is 3.83. The zero-order valence-corrected chi connectivity index (χ0v) is 15.8. The summed E-state index contributed by atoms with van der Waals surface area (Å²) >= 11 is 1.70. The standard InChI is InChI=1S/C21H23NO2S/c1-14-7-8-17-15(13-14)20(23)21(9-11-22(2)12-10-21)19-16(24-3)5-4-6-18(19)25-17/h4-8,13H,9-12H2,1-3H3. The Morgan fingerprint density at radius 2 is 1.88 bits per heavy atom. The van der Waals surface area contributed by atoms with Crippen LogP contribution in [-0.2, 0) is 5.41 Å². The number of benzene rings is 2. The predicted octanol–water partition coefficient (Wildman–Crippen LogP) is 4.31. The molecule has 1 fully saturated rings. The minimum Gasteiger partial charge on any atom is -0.496 e. The highest BCUT2D eigenvalue weighted by molar-refractivity contribution is 7.99. The molecule has 3 nitrogen and oxygen atoms in total. The summed E-state index contributed by atoms with van der Waals surface area (Å²) in [5.41, 5.74) is 2.61. The summed E-state index contributed by atoms with van der Waals surface area (Å²) in [6.45, 7) is 3.91. The number of ketones is 1. The van der Waals surface area contributed by atoms with Crippen LogP contribution in [0.25, 0.3) is 0 Å². The maximum Gasteiger partial charge on any atom is 0.174 e. The van der Waals surface area contributed by atoms with E-state index in [9.17, 15) is 4.79 Å². The number of methoxy groups -OCH3 is 1. The van der Waals surface area contributed by atoms with Crippen LogP contribution in [0.3, 0.4) is 0 Å². The lowest BCUT2D eigenvalue weighted by Gasteiger charge is -2.40. The van der Waals surface area contributed by atoms with Gasteiger partial charge in [-0.2, -0.15) is 0 Å². The molecule has 2 aromatic carbocycles. The van der Waals surface area contributed by atoms with Crippen LogP contribution in [0.15, 0.2) is 46.2 Å². The van der Waals surface area contributed by atoms with E-state index in [4.69, 9.17) is 4.74 Å². The number of Topliss-reactive ketones (excluding diaryl/α,β-unsaturated/α-hetero) is 1. The summed E-state index contributed by atoms with van der Waals surface area (Å²) < 4.78 is 5.71. The highest BCUT2D eigenvalue weighted by Crippen LogP contribution is 2.51. The SMILES string of the molecule is COc1cccc2c1C1(CCN(C)CC1)C(=O)c1cc(C)ccc1S2. The predicted molar refractivity (Wildman–Crippen MR) is 101 cm³/mol. The van der Waals surface area contributed by atoms with E-state index in [1.165, 1.54) is 0 Å². The molecule has 25 heavy (non-hydrogen) atoms. The Labute approximate surface area is 153 Å². The zero-order chi connectivity index (χ0) is 17.6. The lowest BCUT2D eigenvalue weighted by Crippen LogP contribution is -2.46. The van der Waals surface area contributed by atoms with Gasteiger partial charge in [0.1, 0.15) is 5.75 Å². The van der Waals surface area contributed by atoms with Crippen LogP contribution >= 0.6 is 11.8 Å². The number of hydrogen-bond donors (Lipinski definition) is 0. The largest absolute Gasteiger partial charge is 0.496 e. The fraction of sp³-hybridized carbons (Fsp3) is 0.381. The van der Waals surface area contributed by atoms with Crippen LogP contribution in [0, 0.1) is 6.92 Å². The molecular formula is C21H23NO2S. The van der Waals surface area contributed by atoms with Crippen molar-refractivity contribution in [3.8, 4) is 5.75 Å². The number of hydrogen-bond acceptors (Lipinski definition) is 4. The van der Waals surface area contributed by atoms with E-state index < -0.39 is 5.41 Å². The van der Waals surface area contributed by atoms with Crippen molar-refractivity contribution in [2.75, 3.05) is 27.2 Å². The van der Waals surface area contributed by atoms with E-state index in [1.807, 2.05) is 12.1 Å². The Bertz CT molecular complexity index is 838.